The van der Waals surface area contributed by atoms with Crippen molar-refractivity contribution in [3.8, 4) is 78.1 Å². The number of thiophene rings is 1. The Balaban J connectivity index is 0.000000146. The number of aryl methyl sites for hydroxylation is 24. The van der Waals surface area contributed by atoms with E-state index in [4.69, 9.17) is 13.8 Å². The first-order chi connectivity index (χ1) is 62.4. The smallest absolute Gasteiger partial charge is 0.227 e. The minimum Gasteiger partial charge on any atom is -0.441 e. The molecule has 8 heterocycles. The summed E-state index contributed by atoms with van der Waals surface area (Å²) in [4.78, 5) is 33.5. The largest absolute Gasteiger partial charge is 0.441 e. The maximum atomic E-state index is 5.85. The fourth-order valence-corrected chi connectivity index (χ4v) is 16.9. The van der Waals surface area contributed by atoms with Crippen LogP contribution in [-0.4, -0.2) is 44.7 Å². The highest BCUT2D eigenvalue weighted by atomic mass is 32.1. The van der Waals surface area contributed by atoms with Gasteiger partial charge in [0.05, 0.1) is 29.5 Å². The predicted molar refractivity (Wildman–Crippen MR) is 562 cm³/mol. The van der Waals surface area contributed by atoms with Crippen molar-refractivity contribution >= 4 is 33.8 Å². The van der Waals surface area contributed by atoms with E-state index in [1.54, 1.807) is 6.20 Å². The predicted octanol–water partition coefficient (Wildman–Crippen LogP) is 32.2. The molecule has 0 radical (unpaired) electrons. The van der Waals surface area contributed by atoms with Crippen LogP contribution < -0.4 is 0 Å². The lowest BCUT2D eigenvalue weighted by Gasteiger charge is -2.10. The van der Waals surface area contributed by atoms with Crippen molar-refractivity contribution in [2.75, 3.05) is 0 Å². The standard InChI is InChI=1S/C18H19N.C17H17NO.C15H19N.C15H17N.C14H18N2.C14H16N2.C14H16S.C13H15NO/c1-11-5-6-15-10-18(19-17(15)7-11)16-8-12(2)14(4)13(3)9-16;1-10-5-6-16-15(7-10)18-17(19-16)14-8-11(2)13(4)12(3)9-14;1-10-8-14(9-11(2)13(10)4)15-7-6-12(3)16(15)5;1-10-7-15(8-11(2)13(10)4)14-6-5-12(3)16-9-14;1-9-6-13(7-10(2)11(9)3)14-8-15-12(4)16(14)5;1-9-5-13(6-10(2)11(9)3)14-7-15-12(4)16-8-14;1-9-7-13(8-10(2)12(9)4)14-6-5-11(3)15-14;1-8-5-12(6-9(2)11(8)4)13-14-7-10(3)15-13/h5-9H,10H2,1-4H3;5-9H,1-4H3;6-9H,1-5H3;5-9H,1-4H3;6-8H,1-5H3;5-8H,1-4H3;5-8H,1-4H3;5-7H,1-4H3. The summed E-state index contributed by atoms with van der Waals surface area (Å²) in [5, 5.41) is 0. The molecule has 1 aliphatic rings. The molecule has 0 atom stereocenters. The molecule has 0 spiro atoms. The van der Waals surface area contributed by atoms with Crippen molar-refractivity contribution in [2.45, 2.75) is 228 Å². The first-order valence-electron chi connectivity index (χ1n) is 45.9. The van der Waals surface area contributed by atoms with Crippen LogP contribution >= 0.6 is 11.3 Å². The third-order valence-corrected chi connectivity index (χ3v) is 27.9. The Morgan fingerprint density at radius 2 is 0.689 bits per heavy atom. The average molecular weight is 1770 g/mol. The lowest BCUT2D eigenvalue weighted by atomic mass is 9.96. The van der Waals surface area contributed by atoms with Crippen LogP contribution in [0.25, 0.3) is 89.2 Å². The molecule has 17 aromatic rings. The fraction of sp³-hybridized carbons (Fsp3) is 0.292. The summed E-state index contributed by atoms with van der Waals surface area (Å²) in [5.74, 6) is 4.11. The molecule has 0 fully saturated rings. The van der Waals surface area contributed by atoms with E-state index in [1.165, 1.54) is 222 Å². The molecular formula is C120H137N9O2S. The molecule has 10 aromatic carbocycles. The monoisotopic (exact) mass is 1770 g/mol. The van der Waals surface area contributed by atoms with Gasteiger partial charge < -0.3 is 18.0 Å². The zero-order chi connectivity index (χ0) is 96.3. The highest BCUT2D eigenvalue weighted by Gasteiger charge is 2.20. The minimum atomic E-state index is 0.701. The number of nitrogens with zero attached hydrogens (tertiary/aromatic N) is 9. The van der Waals surface area contributed by atoms with Gasteiger partial charge in [0.25, 0.3) is 0 Å². The zero-order valence-corrected chi connectivity index (χ0v) is 85.8. The third-order valence-electron chi connectivity index (χ3n) is 26.8. The number of hydrogen-bond donors (Lipinski definition) is 0. The van der Waals surface area contributed by atoms with Crippen LogP contribution in [0.1, 0.15) is 189 Å². The summed E-state index contributed by atoms with van der Waals surface area (Å²) in [6.07, 6.45) is 10.4. The van der Waals surface area contributed by atoms with Gasteiger partial charge in [-0.15, -0.1) is 11.3 Å². The Morgan fingerprint density at radius 1 is 0.288 bits per heavy atom. The fourth-order valence-electron chi connectivity index (χ4n) is 16.0. The normalized spacial score (nSPS) is 11.1. The van der Waals surface area contributed by atoms with E-state index < -0.39 is 0 Å². The van der Waals surface area contributed by atoms with E-state index >= 15 is 0 Å². The van der Waals surface area contributed by atoms with Crippen molar-refractivity contribution in [1.29, 1.82) is 0 Å². The lowest BCUT2D eigenvalue weighted by Crippen LogP contribution is -2.02. The van der Waals surface area contributed by atoms with Gasteiger partial charge in [0, 0.05) is 93.8 Å². The Labute approximate surface area is 791 Å². The lowest BCUT2D eigenvalue weighted by molar-refractivity contribution is 0.542. The van der Waals surface area contributed by atoms with E-state index in [9.17, 15) is 0 Å². The van der Waals surface area contributed by atoms with Crippen LogP contribution in [0.5, 0.6) is 0 Å². The molecule has 0 amide bonds. The van der Waals surface area contributed by atoms with E-state index in [2.05, 4.69) is 405 Å². The molecule has 7 aromatic heterocycles. The summed E-state index contributed by atoms with van der Waals surface area (Å²) in [6.45, 7) is 68.1. The van der Waals surface area contributed by atoms with E-state index in [0.29, 0.717) is 11.8 Å². The second-order valence-corrected chi connectivity index (χ2v) is 38.1. The number of imidazole rings is 1. The number of oxazole rings is 2. The van der Waals surface area contributed by atoms with Crippen LogP contribution in [0.4, 0.5) is 5.69 Å². The van der Waals surface area contributed by atoms with E-state index in [0.717, 1.165) is 63.0 Å². The molecule has 0 saturated heterocycles. The van der Waals surface area contributed by atoms with Gasteiger partial charge in [0.1, 0.15) is 22.9 Å². The van der Waals surface area contributed by atoms with Gasteiger partial charge >= 0.3 is 0 Å². The SMILES string of the molecule is Cc1cc(-c2ccc(C)n2C)cc(C)c1C.Cc1cc(-c2cnc(C)n2C)cc(C)c1C.Cc1ccc(-c2cc(C)c(C)c(C)c2)cn1.Cc1ccc(-c2cc(C)c(C)c(C)c2)s1.Cc1ccc2c(c1)N=C(c1cc(C)c(C)c(C)c1)C2.Cc1ccc2oc(-c3cc(C)c(C)c(C)c3)nc2c1.Cc1cnc(-c2cc(C)c(C)c(C)c2)o1.Cc1ncc(-c2cc(C)c(C)c(C)c2)cn1. The van der Waals surface area contributed by atoms with Gasteiger partial charge in [0.15, 0.2) is 5.58 Å². The Kier molecular flexibility index (Phi) is 32.7. The van der Waals surface area contributed by atoms with E-state index in [1.807, 2.05) is 76.0 Å². The molecule has 680 valence electrons. The molecular weight excluding hydrogens is 1630 g/mol. The van der Waals surface area contributed by atoms with Gasteiger partial charge in [0.2, 0.25) is 11.8 Å². The summed E-state index contributed by atoms with van der Waals surface area (Å²) in [7, 11) is 4.18. The second-order valence-electron chi connectivity index (χ2n) is 36.8. The molecule has 0 N–H and O–H groups in total. The maximum absolute atomic E-state index is 5.85. The highest BCUT2D eigenvalue weighted by molar-refractivity contribution is 7.15. The molecule has 0 bridgehead atoms. The zero-order valence-electron chi connectivity index (χ0n) is 85.0. The van der Waals surface area contributed by atoms with Gasteiger partial charge in [-0.05, 0) is 509 Å². The Morgan fingerprint density at radius 3 is 1.09 bits per heavy atom. The van der Waals surface area contributed by atoms with Crippen molar-refractivity contribution in [3.05, 3.63) is 390 Å². The van der Waals surface area contributed by atoms with Gasteiger partial charge in [-0.1, -0.05) is 60.7 Å². The molecule has 12 heteroatoms. The van der Waals surface area contributed by atoms with Gasteiger partial charge in [-0.2, -0.15) is 0 Å². The Bertz CT molecular complexity index is 6590. The minimum absolute atomic E-state index is 0.701. The van der Waals surface area contributed by atoms with Crippen LogP contribution in [-0.2, 0) is 20.5 Å². The second kappa shape index (κ2) is 43.3. The van der Waals surface area contributed by atoms with Crippen molar-refractivity contribution in [3.63, 3.8) is 0 Å². The molecule has 1 aliphatic heterocycles. The number of fused-ring (bicyclic) bond motifs is 2. The quantitative estimate of drug-likeness (QED) is 0.147. The van der Waals surface area contributed by atoms with E-state index in [-0.39, 0.29) is 0 Å². The third kappa shape index (κ3) is 24.6. The van der Waals surface area contributed by atoms with Gasteiger partial charge in [-0.25, -0.2) is 24.9 Å². The molecule has 11 nitrogen and oxygen atoms in total. The number of benzene rings is 10. The number of rotatable bonds is 8. The topological polar surface area (TPSA) is 126 Å². The number of hydrogen-bond acceptors (Lipinski definition) is 10. The maximum Gasteiger partial charge on any atom is 0.227 e. The molecule has 0 aliphatic carbocycles. The van der Waals surface area contributed by atoms with Crippen LogP contribution in [0.15, 0.2) is 215 Å². The first kappa shape index (κ1) is 99.5. The van der Waals surface area contributed by atoms with Crippen molar-refractivity contribution in [2.24, 2.45) is 19.1 Å². The highest BCUT2D eigenvalue weighted by Crippen LogP contribution is 2.36. The Hall–Kier alpha value is -13.0. The van der Waals surface area contributed by atoms with Crippen LogP contribution in [0.2, 0.25) is 0 Å². The first-order valence-corrected chi connectivity index (χ1v) is 46.7. The summed E-state index contributed by atoms with van der Waals surface area (Å²) in [6, 6.07) is 61.0. The van der Waals surface area contributed by atoms with Crippen molar-refractivity contribution < 1.29 is 8.83 Å². The van der Waals surface area contributed by atoms with Crippen LogP contribution in [0, 0.1) is 222 Å². The molecule has 0 unspecified atom stereocenters. The average Bonchev–Trinajstić information content (AvgIpc) is 1.66. The van der Waals surface area contributed by atoms with Crippen LogP contribution in [0.3, 0.4) is 0 Å². The molecule has 0 saturated carbocycles. The number of aromatic nitrogens is 8. The van der Waals surface area contributed by atoms with Gasteiger partial charge in [-0.3, -0.25) is 9.98 Å². The molecule has 132 heavy (non-hydrogen) atoms. The summed E-state index contributed by atoms with van der Waals surface area (Å²) < 4.78 is 15.7. The van der Waals surface area contributed by atoms with Crippen molar-refractivity contribution in [1.82, 2.24) is 39.0 Å². The number of pyridine rings is 1. The summed E-state index contributed by atoms with van der Waals surface area (Å²) in [5.41, 5.74) is 57.1. The number of aliphatic imine (C=N–C) groups is 1. The summed E-state index contributed by atoms with van der Waals surface area (Å²) >= 11 is 1.86. The molecule has 18 rings (SSSR count).